The van der Waals surface area contributed by atoms with Gasteiger partial charge in [0.1, 0.15) is 0 Å². The number of carbonyl (C=O) groups is 2. The molecule has 1 amide bonds. The minimum Gasteiger partial charge on any atom is -0.447 e. The third-order valence-electron chi connectivity index (χ3n) is 3.16. The van der Waals surface area contributed by atoms with Crippen LogP contribution in [-0.4, -0.2) is 18.0 Å². The molecule has 0 spiro atoms. The van der Waals surface area contributed by atoms with Crippen LogP contribution in [0.3, 0.4) is 0 Å². The van der Waals surface area contributed by atoms with E-state index in [0.29, 0.717) is 4.67 Å². The molecule has 1 aromatic carbocycles. The van der Waals surface area contributed by atoms with Crippen molar-refractivity contribution < 1.29 is 18.7 Å². The van der Waals surface area contributed by atoms with Crippen LogP contribution >= 0.6 is 15.9 Å². The Labute approximate surface area is 136 Å². The van der Waals surface area contributed by atoms with Crippen molar-refractivity contribution in [2.24, 2.45) is 0 Å². The van der Waals surface area contributed by atoms with Crippen molar-refractivity contribution in [2.45, 2.75) is 26.9 Å². The summed E-state index contributed by atoms with van der Waals surface area (Å²) in [4.78, 5) is 24.0. The number of ether oxygens (including phenoxy) is 1. The maximum Gasteiger partial charge on any atom is 0.375 e. The van der Waals surface area contributed by atoms with Crippen LogP contribution in [0.2, 0.25) is 0 Å². The second-order valence-electron chi connectivity index (χ2n) is 4.91. The molecule has 1 atom stereocenters. The van der Waals surface area contributed by atoms with E-state index in [9.17, 15) is 9.59 Å². The number of hydrogen-bond donors (Lipinski definition) is 1. The van der Waals surface area contributed by atoms with Gasteiger partial charge in [0.05, 0.1) is 0 Å². The van der Waals surface area contributed by atoms with E-state index < -0.39 is 18.0 Å². The lowest BCUT2D eigenvalue weighted by Gasteiger charge is -2.15. The molecule has 1 N–H and O–H groups in total. The topological polar surface area (TPSA) is 68.5 Å². The number of hydrogen-bond acceptors (Lipinski definition) is 4. The largest absolute Gasteiger partial charge is 0.447 e. The predicted octanol–water partition coefficient (Wildman–Crippen LogP) is 3.84. The Morgan fingerprint density at radius 1 is 1.18 bits per heavy atom. The zero-order valence-electron chi connectivity index (χ0n) is 12.5. The summed E-state index contributed by atoms with van der Waals surface area (Å²) in [5, 5.41) is 2.78. The number of rotatable bonds is 4. The summed E-state index contributed by atoms with van der Waals surface area (Å²) >= 11 is 3.10. The van der Waals surface area contributed by atoms with Crippen LogP contribution in [0.25, 0.3) is 0 Å². The lowest BCUT2D eigenvalue weighted by molar-refractivity contribution is -0.123. The van der Waals surface area contributed by atoms with E-state index >= 15 is 0 Å². The highest BCUT2D eigenvalue weighted by atomic mass is 79.9. The monoisotopic (exact) mass is 365 g/mol. The Kier molecular flexibility index (Phi) is 5.03. The van der Waals surface area contributed by atoms with Gasteiger partial charge in [-0.3, -0.25) is 4.79 Å². The van der Waals surface area contributed by atoms with E-state index in [-0.39, 0.29) is 5.76 Å². The SMILES string of the molecule is Cc1cccc(C)c1NC(=O)C(C)OC(=O)c1ccc(Br)o1. The van der Waals surface area contributed by atoms with Crippen molar-refractivity contribution in [3.63, 3.8) is 0 Å². The van der Waals surface area contributed by atoms with Gasteiger partial charge in [-0.2, -0.15) is 0 Å². The molecule has 0 aliphatic heterocycles. The fourth-order valence-corrected chi connectivity index (χ4v) is 2.24. The molecule has 0 bridgehead atoms. The molecule has 2 rings (SSSR count). The summed E-state index contributed by atoms with van der Waals surface area (Å²) < 4.78 is 10.6. The van der Waals surface area contributed by atoms with Gasteiger partial charge >= 0.3 is 5.97 Å². The van der Waals surface area contributed by atoms with Crippen molar-refractivity contribution in [1.29, 1.82) is 0 Å². The molecule has 6 heteroatoms. The van der Waals surface area contributed by atoms with Gasteiger partial charge in [-0.25, -0.2) is 4.79 Å². The molecule has 5 nitrogen and oxygen atoms in total. The zero-order chi connectivity index (χ0) is 16.3. The molecule has 1 aromatic heterocycles. The molecular formula is C16H16BrNO4. The molecular weight excluding hydrogens is 350 g/mol. The van der Waals surface area contributed by atoms with E-state index in [2.05, 4.69) is 21.2 Å². The van der Waals surface area contributed by atoms with Gasteiger partial charge in [0.15, 0.2) is 10.8 Å². The fraction of sp³-hybridized carbons (Fsp3) is 0.250. The number of aryl methyl sites for hydroxylation is 2. The molecule has 1 unspecified atom stereocenters. The lowest BCUT2D eigenvalue weighted by Crippen LogP contribution is -2.30. The maximum absolute atomic E-state index is 12.2. The fourth-order valence-electron chi connectivity index (χ4n) is 1.93. The molecule has 0 aliphatic rings. The van der Waals surface area contributed by atoms with E-state index in [4.69, 9.17) is 9.15 Å². The van der Waals surface area contributed by atoms with Crippen molar-refractivity contribution in [1.82, 2.24) is 0 Å². The Morgan fingerprint density at radius 3 is 2.36 bits per heavy atom. The first-order chi connectivity index (χ1) is 10.4. The summed E-state index contributed by atoms with van der Waals surface area (Å²) in [6.07, 6.45) is -0.935. The molecule has 116 valence electrons. The molecule has 0 radical (unpaired) electrons. The van der Waals surface area contributed by atoms with Gasteiger partial charge in [0.25, 0.3) is 5.91 Å². The molecule has 1 heterocycles. The second-order valence-corrected chi connectivity index (χ2v) is 5.69. The summed E-state index contributed by atoms with van der Waals surface area (Å²) in [6.45, 7) is 5.32. The van der Waals surface area contributed by atoms with E-state index in [1.165, 1.54) is 13.0 Å². The van der Waals surface area contributed by atoms with Crippen molar-refractivity contribution in [3.05, 3.63) is 51.9 Å². The lowest BCUT2D eigenvalue weighted by atomic mass is 10.1. The number of nitrogens with one attached hydrogen (secondary N) is 1. The van der Waals surface area contributed by atoms with Gasteiger partial charge in [-0.15, -0.1) is 0 Å². The summed E-state index contributed by atoms with van der Waals surface area (Å²) in [5.41, 5.74) is 2.62. The molecule has 2 aromatic rings. The number of amides is 1. The number of para-hydroxylation sites is 1. The second kappa shape index (κ2) is 6.79. The molecule has 22 heavy (non-hydrogen) atoms. The van der Waals surface area contributed by atoms with Crippen molar-refractivity contribution >= 4 is 33.5 Å². The minimum atomic E-state index is -0.935. The van der Waals surface area contributed by atoms with E-state index in [1.54, 1.807) is 6.07 Å². The van der Waals surface area contributed by atoms with Gasteiger partial charge in [-0.1, -0.05) is 18.2 Å². The van der Waals surface area contributed by atoms with Crippen LogP contribution in [-0.2, 0) is 9.53 Å². The Hall–Kier alpha value is -2.08. The van der Waals surface area contributed by atoms with Crippen LogP contribution in [0.15, 0.2) is 39.4 Å². The average molecular weight is 366 g/mol. The number of carbonyl (C=O) groups excluding carboxylic acids is 2. The van der Waals surface area contributed by atoms with Crippen LogP contribution in [0.5, 0.6) is 0 Å². The quantitative estimate of drug-likeness (QED) is 0.835. The first-order valence-electron chi connectivity index (χ1n) is 6.72. The number of esters is 1. The highest BCUT2D eigenvalue weighted by Crippen LogP contribution is 2.20. The van der Waals surface area contributed by atoms with Crippen LogP contribution < -0.4 is 5.32 Å². The Morgan fingerprint density at radius 2 is 1.82 bits per heavy atom. The highest BCUT2D eigenvalue weighted by Gasteiger charge is 2.21. The molecule has 0 fully saturated rings. The van der Waals surface area contributed by atoms with Crippen molar-refractivity contribution in [2.75, 3.05) is 5.32 Å². The third-order valence-corrected chi connectivity index (χ3v) is 3.58. The smallest absolute Gasteiger partial charge is 0.375 e. The van der Waals surface area contributed by atoms with Gasteiger partial charge in [0, 0.05) is 5.69 Å². The first-order valence-corrected chi connectivity index (χ1v) is 7.51. The van der Waals surface area contributed by atoms with Gasteiger partial charge < -0.3 is 14.5 Å². The number of halogens is 1. The van der Waals surface area contributed by atoms with E-state index in [0.717, 1.165) is 16.8 Å². The zero-order valence-corrected chi connectivity index (χ0v) is 14.1. The first kappa shape index (κ1) is 16.3. The van der Waals surface area contributed by atoms with Crippen molar-refractivity contribution in [3.8, 4) is 0 Å². The Balaban J connectivity index is 2.02. The van der Waals surface area contributed by atoms with E-state index in [1.807, 2.05) is 32.0 Å². The molecule has 0 saturated carbocycles. The standard InChI is InChI=1S/C16H16BrNO4/c1-9-5-4-6-10(2)14(9)18-15(19)11(3)21-16(20)12-7-8-13(17)22-12/h4-8,11H,1-3H3,(H,18,19). The minimum absolute atomic E-state index is 0.0404. The summed E-state index contributed by atoms with van der Waals surface area (Å²) in [5.74, 6) is -1.04. The number of benzene rings is 1. The van der Waals surface area contributed by atoms with Crippen LogP contribution in [0.4, 0.5) is 5.69 Å². The maximum atomic E-state index is 12.2. The molecule has 0 saturated heterocycles. The van der Waals surface area contributed by atoms with Crippen LogP contribution in [0.1, 0.15) is 28.6 Å². The normalized spacial score (nSPS) is 11.8. The van der Waals surface area contributed by atoms with Gasteiger partial charge in [0.2, 0.25) is 5.76 Å². The Bertz CT molecular complexity index is 688. The highest BCUT2D eigenvalue weighted by molar-refractivity contribution is 9.10. The average Bonchev–Trinajstić information content (AvgIpc) is 2.89. The number of anilines is 1. The summed E-state index contributed by atoms with van der Waals surface area (Å²) in [6, 6.07) is 8.78. The molecule has 0 aliphatic carbocycles. The van der Waals surface area contributed by atoms with Gasteiger partial charge in [-0.05, 0) is 60.0 Å². The predicted molar refractivity (Wildman–Crippen MR) is 85.8 cm³/mol. The third kappa shape index (κ3) is 3.76. The van der Waals surface area contributed by atoms with Crippen LogP contribution in [0, 0.1) is 13.8 Å². The number of furan rings is 1. The summed E-state index contributed by atoms with van der Waals surface area (Å²) in [7, 11) is 0.